The summed E-state index contributed by atoms with van der Waals surface area (Å²) in [6.07, 6.45) is -3.31. The van der Waals surface area contributed by atoms with Gasteiger partial charge in [-0.05, 0) is 31.2 Å². The van der Waals surface area contributed by atoms with Crippen LogP contribution in [0, 0.1) is 0 Å². The maximum Gasteiger partial charge on any atom is 0.416 e. The van der Waals surface area contributed by atoms with Crippen LogP contribution in [-0.4, -0.2) is 18.3 Å². The zero-order chi connectivity index (χ0) is 12.5. The number of nitrogen functional groups attached to an aromatic ring is 1. The van der Waals surface area contributed by atoms with Crippen LogP contribution in [0.15, 0.2) is 23.1 Å². The van der Waals surface area contributed by atoms with Crippen LogP contribution in [0.5, 0.6) is 0 Å². The molecule has 1 saturated heterocycles. The first-order chi connectivity index (χ1) is 7.97. The fourth-order valence-corrected chi connectivity index (χ4v) is 2.88. The molecule has 2 rings (SSSR count). The Morgan fingerprint density at radius 3 is 2.65 bits per heavy atom. The minimum atomic E-state index is -4.33. The number of hydrogen-bond donors (Lipinski definition) is 2. The maximum absolute atomic E-state index is 12.4. The number of halogens is 3. The minimum absolute atomic E-state index is 0.205. The van der Waals surface area contributed by atoms with Gasteiger partial charge in [-0.1, -0.05) is 0 Å². The Kier molecular flexibility index (Phi) is 3.53. The molecular weight excluding hydrogens is 249 g/mol. The van der Waals surface area contributed by atoms with Crippen molar-refractivity contribution in [2.45, 2.75) is 22.7 Å². The highest BCUT2D eigenvalue weighted by Gasteiger charge is 2.31. The van der Waals surface area contributed by atoms with Gasteiger partial charge in [0.25, 0.3) is 0 Å². The van der Waals surface area contributed by atoms with E-state index < -0.39 is 11.7 Å². The zero-order valence-corrected chi connectivity index (χ0v) is 9.87. The van der Waals surface area contributed by atoms with E-state index in [9.17, 15) is 13.2 Å². The van der Waals surface area contributed by atoms with Crippen LogP contribution < -0.4 is 11.1 Å². The van der Waals surface area contributed by atoms with Crippen LogP contribution in [0.4, 0.5) is 18.9 Å². The van der Waals surface area contributed by atoms with E-state index in [1.165, 1.54) is 6.07 Å². The molecule has 1 aromatic rings. The van der Waals surface area contributed by atoms with E-state index in [-0.39, 0.29) is 5.69 Å². The standard InChI is InChI=1S/C11H13F3N2S/c12-11(13,14)7-1-2-10(9(15)5-7)17-8-3-4-16-6-8/h1-2,5,8,16H,3-4,6,15H2. The summed E-state index contributed by atoms with van der Waals surface area (Å²) in [6, 6.07) is 3.55. The van der Waals surface area contributed by atoms with Gasteiger partial charge in [0, 0.05) is 22.4 Å². The van der Waals surface area contributed by atoms with Crippen molar-refractivity contribution in [3.63, 3.8) is 0 Å². The first-order valence-corrected chi connectivity index (χ1v) is 6.19. The molecule has 17 heavy (non-hydrogen) atoms. The van der Waals surface area contributed by atoms with Crippen molar-refractivity contribution in [3.8, 4) is 0 Å². The molecule has 0 spiro atoms. The number of benzene rings is 1. The summed E-state index contributed by atoms with van der Waals surface area (Å²) in [5.74, 6) is 0. The molecule has 1 fully saturated rings. The first-order valence-electron chi connectivity index (χ1n) is 5.31. The van der Waals surface area contributed by atoms with Gasteiger partial charge in [-0.25, -0.2) is 0 Å². The van der Waals surface area contributed by atoms with Crippen LogP contribution in [0.3, 0.4) is 0 Å². The summed E-state index contributed by atoms with van der Waals surface area (Å²) >= 11 is 1.54. The number of nitrogens with one attached hydrogen (secondary N) is 1. The van der Waals surface area contributed by atoms with Crippen LogP contribution >= 0.6 is 11.8 Å². The van der Waals surface area contributed by atoms with Crippen LogP contribution in [0.1, 0.15) is 12.0 Å². The molecular formula is C11H13F3N2S. The lowest BCUT2D eigenvalue weighted by molar-refractivity contribution is -0.137. The third kappa shape index (κ3) is 3.07. The first kappa shape index (κ1) is 12.6. The van der Waals surface area contributed by atoms with Gasteiger partial charge < -0.3 is 11.1 Å². The summed E-state index contributed by atoms with van der Waals surface area (Å²) in [7, 11) is 0. The van der Waals surface area contributed by atoms with Crippen LogP contribution in [-0.2, 0) is 6.18 Å². The highest BCUT2D eigenvalue weighted by atomic mass is 32.2. The molecule has 2 nitrogen and oxygen atoms in total. The average molecular weight is 262 g/mol. The topological polar surface area (TPSA) is 38.0 Å². The van der Waals surface area contributed by atoms with Gasteiger partial charge in [-0.15, -0.1) is 11.8 Å². The van der Waals surface area contributed by atoms with Gasteiger partial charge in [-0.2, -0.15) is 13.2 Å². The SMILES string of the molecule is Nc1cc(C(F)(F)F)ccc1SC1CCNC1. The van der Waals surface area contributed by atoms with Crippen molar-refractivity contribution in [2.24, 2.45) is 0 Å². The Hall–Kier alpha value is -0.880. The third-order valence-corrected chi connectivity index (χ3v) is 4.01. The Bertz CT molecular complexity index is 400. The summed E-state index contributed by atoms with van der Waals surface area (Å²) in [5.41, 5.74) is 5.17. The van der Waals surface area contributed by atoms with Gasteiger partial charge in [-0.3, -0.25) is 0 Å². The van der Waals surface area contributed by atoms with Gasteiger partial charge in [0.15, 0.2) is 0 Å². The normalized spacial score (nSPS) is 20.8. The molecule has 1 heterocycles. The number of hydrogen-bond acceptors (Lipinski definition) is 3. The van der Waals surface area contributed by atoms with Gasteiger partial charge in [0.1, 0.15) is 0 Å². The second-order valence-electron chi connectivity index (χ2n) is 3.98. The molecule has 0 amide bonds. The predicted octanol–water partition coefficient (Wildman–Crippen LogP) is 2.74. The Morgan fingerprint density at radius 2 is 2.12 bits per heavy atom. The summed E-state index contributed by atoms with van der Waals surface area (Å²) in [4.78, 5) is 0.728. The van der Waals surface area contributed by atoms with E-state index in [2.05, 4.69) is 5.32 Å². The summed E-state index contributed by atoms with van der Waals surface area (Å²) in [6.45, 7) is 1.84. The average Bonchev–Trinajstić information content (AvgIpc) is 2.72. The van der Waals surface area contributed by atoms with Crippen LogP contribution in [0.25, 0.3) is 0 Å². The number of nitrogens with two attached hydrogens (primary N) is 1. The molecule has 0 bridgehead atoms. The Balaban J connectivity index is 2.14. The van der Waals surface area contributed by atoms with Crippen molar-refractivity contribution in [1.29, 1.82) is 0 Å². The van der Waals surface area contributed by atoms with E-state index >= 15 is 0 Å². The van der Waals surface area contributed by atoms with Crippen molar-refractivity contribution in [2.75, 3.05) is 18.8 Å². The summed E-state index contributed by atoms with van der Waals surface area (Å²) in [5, 5.41) is 3.60. The lowest BCUT2D eigenvalue weighted by Gasteiger charge is -2.13. The molecule has 1 aliphatic rings. The fraction of sp³-hybridized carbons (Fsp3) is 0.455. The highest BCUT2D eigenvalue weighted by Crippen LogP contribution is 2.36. The molecule has 0 aliphatic carbocycles. The van der Waals surface area contributed by atoms with Crippen LogP contribution in [0.2, 0.25) is 0 Å². The van der Waals surface area contributed by atoms with Gasteiger partial charge >= 0.3 is 6.18 Å². The number of anilines is 1. The fourth-order valence-electron chi connectivity index (χ4n) is 1.74. The number of rotatable bonds is 2. The molecule has 1 aliphatic heterocycles. The van der Waals surface area contributed by atoms with Gasteiger partial charge in [0.05, 0.1) is 5.56 Å². The lowest BCUT2D eigenvalue weighted by Crippen LogP contribution is -2.10. The van der Waals surface area contributed by atoms with E-state index in [0.29, 0.717) is 5.25 Å². The Labute approximate surface area is 102 Å². The molecule has 94 valence electrons. The maximum atomic E-state index is 12.4. The second kappa shape index (κ2) is 4.78. The van der Waals surface area contributed by atoms with Crippen molar-refractivity contribution in [1.82, 2.24) is 5.32 Å². The molecule has 1 unspecified atom stereocenters. The lowest BCUT2D eigenvalue weighted by atomic mass is 10.2. The molecule has 0 radical (unpaired) electrons. The highest BCUT2D eigenvalue weighted by molar-refractivity contribution is 8.00. The molecule has 1 aromatic carbocycles. The van der Waals surface area contributed by atoms with E-state index in [1.54, 1.807) is 11.8 Å². The predicted molar refractivity (Wildman–Crippen MR) is 63.0 cm³/mol. The molecule has 0 aromatic heterocycles. The summed E-state index contributed by atoms with van der Waals surface area (Å²) < 4.78 is 37.3. The number of thioether (sulfide) groups is 1. The van der Waals surface area contributed by atoms with E-state index in [4.69, 9.17) is 5.73 Å². The van der Waals surface area contributed by atoms with Gasteiger partial charge in [0.2, 0.25) is 0 Å². The molecule has 3 N–H and O–H groups in total. The Morgan fingerprint density at radius 1 is 1.35 bits per heavy atom. The minimum Gasteiger partial charge on any atom is -0.398 e. The molecule has 6 heteroatoms. The monoisotopic (exact) mass is 262 g/mol. The molecule has 0 saturated carbocycles. The quantitative estimate of drug-likeness (QED) is 0.805. The van der Waals surface area contributed by atoms with E-state index in [1.807, 2.05) is 0 Å². The smallest absolute Gasteiger partial charge is 0.398 e. The van der Waals surface area contributed by atoms with Crippen molar-refractivity contribution >= 4 is 17.4 Å². The third-order valence-electron chi connectivity index (χ3n) is 2.65. The second-order valence-corrected chi connectivity index (χ2v) is 5.33. The van der Waals surface area contributed by atoms with Crippen molar-refractivity contribution in [3.05, 3.63) is 23.8 Å². The zero-order valence-electron chi connectivity index (χ0n) is 9.05. The van der Waals surface area contributed by atoms with Crippen molar-refractivity contribution < 1.29 is 13.2 Å². The largest absolute Gasteiger partial charge is 0.416 e. The van der Waals surface area contributed by atoms with E-state index in [0.717, 1.165) is 36.5 Å². The number of alkyl halides is 3. The molecule has 1 atom stereocenters.